The average molecular weight is 508 g/mol. The minimum Gasteiger partial charge on any atom is -0.477 e. The highest BCUT2D eigenvalue weighted by Gasteiger charge is 2.48. The number of alkyl halides is 2. The summed E-state index contributed by atoms with van der Waals surface area (Å²) in [6.07, 6.45) is 4.55. The molecule has 1 N–H and O–H groups in total. The normalized spacial score (nSPS) is 18.6. The van der Waals surface area contributed by atoms with Gasteiger partial charge in [-0.2, -0.15) is 8.78 Å². The highest BCUT2D eigenvalue weighted by molar-refractivity contribution is 5.89. The molecule has 194 valence electrons. The predicted molar refractivity (Wildman–Crippen MR) is 126 cm³/mol. The van der Waals surface area contributed by atoms with Gasteiger partial charge in [0.1, 0.15) is 5.56 Å². The Kier molecular flexibility index (Phi) is 7.39. The lowest BCUT2D eigenvalue weighted by molar-refractivity contribution is -0.226. The van der Waals surface area contributed by atoms with Crippen LogP contribution in [0.3, 0.4) is 0 Å². The van der Waals surface area contributed by atoms with Gasteiger partial charge in [0, 0.05) is 29.3 Å². The maximum absolute atomic E-state index is 14.9. The number of carbonyl (C=O) groups is 2. The smallest absolute Gasteiger partial charge is 0.440 e. The summed E-state index contributed by atoms with van der Waals surface area (Å²) in [5, 5.41) is 9.36. The van der Waals surface area contributed by atoms with E-state index in [0.717, 1.165) is 50.8 Å². The van der Waals surface area contributed by atoms with Crippen molar-refractivity contribution in [2.24, 2.45) is 0 Å². The van der Waals surface area contributed by atoms with Gasteiger partial charge in [-0.05, 0) is 74.5 Å². The van der Waals surface area contributed by atoms with E-state index in [1.807, 2.05) is 0 Å². The molecular formula is C25H28F3N3O5. The molecule has 2 aliphatic rings. The van der Waals surface area contributed by atoms with Crippen LogP contribution in [0, 0.1) is 0 Å². The van der Waals surface area contributed by atoms with Crippen molar-refractivity contribution in [1.29, 1.82) is 0 Å². The van der Waals surface area contributed by atoms with Crippen LogP contribution in [0.1, 0.15) is 48.5 Å². The SMILES string of the molecule is CCc1cc(C(=O)O)c(=O)n(C(F)(F)C(=O)OF)c1-c1ccc(N2CCC[C@H]2CN2CCCC2)cc1. The fraction of sp³-hybridized carbons (Fsp3) is 0.480. The van der Waals surface area contributed by atoms with Crippen LogP contribution in [-0.2, 0) is 22.2 Å². The monoisotopic (exact) mass is 507 g/mol. The first-order valence-electron chi connectivity index (χ1n) is 12.0. The molecule has 0 spiro atoms. The van der Waals surface area contributed by atoms with E-state index in [9.17, 15) is 32.8 Å². The molecule has 8 nitrogen and oxygen atoms in total. The van der Waals surface area contributed by atoms with E-state index in [1.54, 1.807) is 31.2 Å². The van der Waals surface area contributed by atoms with Crippen LogP contribution >= 0.6 is 0 Å². The molecule has 0 amide bonds. The summed E-state index contributed by atoms with van der Waals surface area (Å²) in [6.45, 7) is 5.57. The third-order valence-corrected chi connectivity index (χ3v) is 7.00. The summed E-state index contributed by atoms with van der Waals surface area (Å²) in [7, 11) is 0. The summed E-state index contributed by atoms with van der Waals surface area (Å²) in [5.74, 6) is -4.36. The Morgan fingerprint density at radius 3 is 2.36 bits per heavy atom. The molecule has 3 heterocycles. The van der Waals surface area contributed by atoms with Gasteiger partial charge in [-0.1, -0.05) is 19.1 Å². The number of pyridine rings is 1. The fourth-order valence-corrected chi connectivity index (χ4v) is 5.25. The summed E-state index contributed by atoms with van der Waals surface area (Å²) >= 11 is 0. The molecule has 2 aliphatic heterocycles. The van der Waals surface area contributed by atoms with Crippen molar-refractivity contribution < 1.29 is 32.9 Å². The number of nitrogens with zero attached hydrogens (tertiary/aromatic N) is 3. The molecule has 0 aliphatic carbocycles. The number of benzene rings is 1. The van der Waals surface area contributed by atoms with Gasteiger partial charge in [0.15, 0.2) is 0 Å². The van der Waals surface area contributed by atoms with Gasteiger partial charge >= 0.3 is 18.0 Å². The summed E-state index contributed by atoms with van der Waals surface area (Å²) in [4.78, 5) is 43.4. The van der Waals surface area contributed by atoms with Gasteiger partial charge < -0.3 is 14.9 Å². The maximum atomic E-state index is 14.9. The van der Waals surface area contributed by atoms with E-state index in [-0.39, 0.29) is 27.8 Å². The Morgan fingerprint density at radius 2 is 1.78 bits per heavy atom. The lowest BCUT2D eigenvalue weighted by atomic mass is 10.00. The quantitative estimate of drug-likeness (QED) is 0.581. The Bertz CT molecular complexity index is 1190. The Hall–Kier alpha value is -3.34. The largest absolute Gasteiger partial charge is 0.477 e. The second-order valence-electron chi connectivity index (χ2n) is 9.18. The Balaban J connectivity index is 1.76. The Labute approximate surface area is 205 Å². The molecule has 2 saturated heterocycles. The van der Waals surface area contributed by atoms with E-state index >= 15 is 0 Å². The summed E-state index contributed by atoms with van der Waals surface area (Å²) < 4.78 is 42.1. The molecule has 4 rings (SSSR count). The number of anilines is 1. The number of carbonyl (C=O) groups excluding carboxylic acids is 1. The van der Waals surface area contributed by atoms with E-state index in [2.05, 4.69) is 14.7 Å². The van der Waals surface area contributed by atoms with Crippen LogP contribution in [0.4, 0.5) is 19.0 Å². The average Bonchev–Trinajstić information content (AvgIpc) is 3.55. The summed E-state index contributed by atoms with van der Waals surface area (Å²) in [5.41, 5.74) is -1.83. The van der Waals surface area contributed by atoms with E-state index < -0.39 is 29.1 Å². The second kappa shape index (κ2) is 10.3. The molecule has 1 aromatic carbocycles. The number of aromatic carboxylic acids is 1. The number of likely N-dealkylation sites (tertiary alicyclic amines) is 1. The van der Waals surface area contributed by atoms with Crippen LogP contribution in [0.2, 0.25) is 0 Å². The fourth-order valence-electron chi connectivity index (χ4n) is 5.25. The first-order valence-corrected chi connectivity index (χ1v) is 12.0. The van der Waals surface area contributed by atoms with Crippen LogP contribution in [0.5, 0.6) is 0 Å². The number of hydrogen-bond donors (Lipinski definition) is 1. The van der Waals surface area contributed by atoms with E-state index in [0.29, 0.717) is 6.04 Å². The number of aryl methyl sites for hydroxylation is 1. The molecule has 2 aromatic rings. The molecule has 0 bridgehead atoms. The highest BCUT2D eigenvalue weighted by atomic mass is 19.3. The van der Waals surface area contributed by atoms with Crippen molar-refractivity contribution in [3.05, 3.63) is 51.8 Å². The highest BCUT2D eigenvalue weighted by Crippen LogP contribution is 2.34. The Morgan fingerprint density at radius 1 is 1.11 bits per heavy atom. The minimum atomic E-state index is -4.77. The van der Waals surface area contributed by atoms with Crippen molar-refractivity contribution in [3.8, 4) is 11.3 Å². The first kappa shape index (κ1) is 25.7. The van der Waals surface area contributed by atoms with Gasteiger partial charge in [-0.15, -0.1) is 0 Å². The van der Waals surface area contributed by atoms with Crippen molar-refractivity contribution in [2.75, 3.05) is 31.1 Å². The number of carboxylic acids is 1. The molecule has 1 aromatic heterocycles. The van der Waals surface area contributed by atoms with E-state index in [1.165, 1.54) is 12.8 Å². The zero-order valence-electron chi connectivity index (χ0n) is 19.9. The van der Waals surface area contributed by atoms with Crippen molar-refractivity contribution in [3.63, 3.8) is 0 Å². The van der Waals surface area contributed by atoms with Crippen molar-refractivity contribution in [2.45, 2.75) is 51.1 Å². The first-order chi connectivity index (χ1) is 17.2. The van der Waals surface area contributed by atoms with Crippen LogP contribution in [0.15, 0.2) is 35.1 Å². The van der Waals surface area contributed by atoms with E-state index in [4.69, 9.17) is 0 Å². The van der Waals surface area contributed by atoms with Gasteiger partial charge in [0.25, 0.3) is 5.56 Å². The van der Waals surface area contributed by atoms with Crippen molar-refractivity contribution in [1.82, 2.24) is 9.47 Å². The number of rotatable bonds is 8. The van der Waals surface area contributed by atoms with Gasteiger partial charge in [0.2, 0.25) is 0 Å². The third-order valence-electron chi connectivity index (χ3n) is 7.00. The number of carboxylic acid groups (broad SMARTS) is 1. The minimum absolute atomic E-state index is 0.0719. The zero-order chi connectivity index (χ0) is 26.0. The zero-order valence-corrected chi connectivity index (χ0v) is 19.9. The molecule has 2 fully saturated rings. The molecule has 0 saturated carbocycles. The second-order valence-corrected chi connectivity index (χ2v) is 9.18. The van der Waals surface area contributed by atoms with Gasteiger partial charge in [-0.25, -0.2) is 19.1 Å². The molecule has 0 unspecified atom stereocenters. The van der Waals surface area contributed by atoms with Crippen LogP contribution < -0.4 is 10.5 Å². The standard InChI is InChI=1S/C25H28F3N3O5/c1-2-16-14-20(23(33)34)22(32)31(25(26,27)24(35)36-28)21(16)17-7-9-18(10-8-17)30-13-5-6-19(30)15-29-11-3-4-12-29/h7-10,14,19H,2-6,11-13,15H2,1H3,(H,33,34)/t19-/m0/s1. The number of hydrogen-bond acceptors (Lipinski definition) is 6. The topological polar surface area (TPSA) is 92.1 Å². The molecule has 11 heteroatoms. The lowest BCUT2D eigenvalue weighted by Crippen LogP contribution is -2.44. The van der Waals surface area contributed by atoms with Gasteiger partial charge in [-0.3, -0.25) is 4.79 Å². The molecule has 1 atom stereocenters. The third kappa shape index (κ3) is 4.71. The number of halogens is 3. The van der Waals surface area contributed by atoms with Crippen LogP contribution in [0.25, 0.3) is 11.3 Å². The number of aromatic nitrogens is 1. The molecule has 0 radical (unpaired) electrons. The predicted octanol–water partition coefficient (Wildman–Crippen LogP) is 3.82. The lowest BCUT2D eigenvalue weighted by Gasteiger charge is -2.30. The van der Waals surface area contributed by atoms with Crippen LogP contribution in [-0.4, -0.2) is 58.7 Å². The van der Waals surface area contributed by atoms with Crippen molar-refractivity contribution >= 4 is 17.6 Å². The maximum Gasteiger partial charge on any atom is 0.440 e. The molecule has 36 heavy (non-hydrogen) atoms. The summed E-state index contributed by atoms with van der Waals surface area (Å²) in [6, 6.07) is 3.16. The van der Waals surface area contributed by atoms with Gasteiger partial charge in [0.05, 0.1) is 5.69 Å². The molecular weight excluding hydrogens is 479 g/mol.